The number of amides is 3. The van der Waals surface area contributed by atoms with Gasteiger partial charge in [0.15, 0.2) is 0 Å². The summed E-state index contributed by atoms with van der Waals surface area (Å²) in [7, 11) is 0. The first kappa shape index (κ1) is 37.8. The number of imidazole rings is 1. The lowest BCUT2D eigenvalue weighted by atomic mass is 9.81. The first-order valence-corrected chi connectivity index (χ1v) is 18.0. The van der Waals surface area contributed by atoms with Gasteiger partial charge in [-0.25, -0.2) is 4.98 Å². The number of nitrogens with zero attached hydrogens (tertiary/aromatic N) is 2. The number of benzene rings is 1. The Balaban J connectivity index is 1.41. The molecule has 1 aliphatic carbocycles. The lowest BCUT2D eigenvalue weighted by molar-refractivity contribution is -0.152. The van der Waals surface area contributed by atoms with Gasteiger partial charge in [-0.2, -0.15) is 0 Å². The van der Waals surface area contributed by atoms with E-state index in [-0.39, 0.29) is 43.7 Å². The maximum absolute atomic E-state index is 14.0. The summed E-state index contributed by atoms with van der Waals surface area (Å²) in [5.74, 6) is -3.12. The molecule has 268 valence electrons. The summed E-state index contributed by atoms with van der Waals surface area (Å²) in [5.41, 5.74) is 1.39. The van der Waals surface area contributed by atoms with Gasteiger partial charge >= 0.3 is 5.97 Å². The highest BCUT2D eigenvalue weighted by atomic mass is 16.4. The van der Waals surface area contributed by atoms with Crippen LogP contribution in [0.1, 0.15) is 82.9 Å². The van der Waals surface area contributed by atoms with Crippen molar-refractivity contribution in [1.82, 2.24) is 25.5 Å². The zero-order valence-corrected chi connectivity index (χ0v) is 29.1. The monoisotopic (exact) mass is 677 g/mol. The van der Waals surface area contributed by atoms with Crippen LogP contribution < -0.4 is 10.6 Å². The second kappa shape index (κ2) is 18.7. The Labute approximate surface area is 290 Å². The fourth-order valence-corrected chi connectivity index (χ4v) is 7.28. The predicted octanol–water partition coefficient (Wildman–Crippen LogP) is 4.28. The highest BCUT2D eigenvalue weighted by Gasteiger charge is 2.36. The van der Waals surface area contributed by atoms with Crippen LogP contribution in [0.4, 0.5) is 0 Å². The number of piperidine rings is 1. The van der Waals surface area contributed by atoms with Gasteiger partial charge in [0.1, 0.15) is 12.0 Å². The number of aliphatic hydroxyl groups excluding tert-OH is 1. The van der Waals surface area contributed by atoms with E-state index in [9.17, 15) is 29.4 Å². The number of aliphatic hydroxyl groups is 1. The third-order valence-corrected chi connectivity index (χ3v) is 10.4. The number of aromatic amines is 1. The lowest BCUT2D eigenvalue weighted by Gasteiger charge is -2.34. The molecule has 1 aromatic heterocycles. The molecule has 49 heavy (non-hydrogen) atoms. The van der Waals surface area contributed by atoms with Crippen LogP contribution in [0.3, 0.4) is 0 Å². The summed E-state index contributed by atoms with van der Waals surface area (Å²) in [6, 6.07) is 7.68. The summed E-state index contributed by atoms with van der Waals surface area (Å²) in [5, 5.41) is 27.4. The number of aromatic nitrogens is 2. The standard InChI is InChI=1S/C38H55N5O6/c1-4-28(25(2)3)21-34(44)32(20-27-13-9-6-10-14-27)41-36(46)33(22-30-23-39-24-40-30)42-35(45)29-15-17-43(18-16-29)37(47)31(38(48)49)19-26-11-7-5-8-12-26/h4-5,7-8,11-12,23-25,27-29,31-34,44H,1,6,9-10,13-22H2,2-3H3,(H,39,40)(H,41,46)(H,42,45)(H,48,49)/t28-,31?,32-,33-,34-/m0/s1. The zero-order chi connectivity index (χ0) is 35.3. The zero-order valence-electron chi connectivity index (χ0n) is 29.1. The van der Waals surface area contributed by atoms with E-state index in [1.165, 1.54) is 17.6 Å². The van der Waals surface area contributed by atoms with Crippen molar-refractivity contribution in [3.8, 4) is 0 Å². The van der Waals surface area contributed by atoms with Crippen molar-refractivity contribution in [2.45, 2.75) is 103 Å². The number of hydrogen-bond donors (Lipinski definition) is 5. The molecule has 0 radical (unpaired) electrons. The summed E-state index contributed by atoms with van der Waals surface area (Å²) in [6.45, 7) is 8.66. The van der Waals surface area contributed by atoms with Crippen molar-refractivity contribution in [3.63, 3.8) is 0 Å². The number of nitrogens with one attached hydrogen (secondary N) is 3. The molecule has 2 aliphatic rings. The average molecular weight is 678 g/mol. The molecule has 5 atom stereocenters. The minimum absolute atomic E-state index is 0.0988. The molecular weight excluding hydrogens is 622 g/mol. The number of allylic oxidation sites excluding steroid dienone is 1. The molecule has 1 aromatic carbocycles. The average Bonchev–Trinajstić information content (AvgIpc) is 3.62. The molecule has 2 fully saturated rings. The highest BCUT2D eigenvalue weighted by molar-refractivity contribution is 5.97. The van der Waals surface area contributed by atoms with Gasteiger partial charge in [0.05, 0.1) is 24.2 Å². The third-order valence-electron chi connectivity index (χ3n) is 10.4. The van der Waals surface area contributed by atoms with Crippen molar-refractivity contribution in [3.05, 3.63) is 66.8 Å². The van der Waals surface area contributed by atoms with Gasteiger partial charge < -0.3 is 30.7 Å². The molecule has 2 aromatic rings. The van der Waals surface area contributed by atoms with Crippen LogP contribution in [0, 0.1) is 29.6 Å². The molecule has 0 bridgehead atoms. The Hall–Kier alpha value is -3.99. The fraction of sp³-hybridized carbons (Fsp3) is 0.605. The van der Waals surface area contributed by atoms with Crippen molar-refractivity contribution in [2.24, 2.45) is 29.6 Å². The minimum Gasteiger partial charge on any atom is -0.481 e. The Morgan fingerprint density at radius 1 is 1.02 bits per heavy atom. The number of carbonyl (C=O) groups excluding carboxylic acids is 3. The number of hydrogen-bond acceptors (Lipinski definition) is 6. The van der Waals surface area contributed by atoms with Crippen molar-refractivity contribution >= 4 is 23.7 Å². The SMILES string of the molecule is C=C[C@@H](C[C@H](O)[C@H](CC1CCCCC1)NC(=O)[C@H](Cc1c[nH]cn1)NC(=O)C1CCN(C(=O)C(Cc2ccccc2)C(=O)O)CC1)C(C)C. The van der Waals surface area contributed by atoms with Gasteiger partial charge in [0.25, 0.3) is 0 Å². The number of carboxylic acids is 1. The Morgan fingerprint density at radius 3 is 2.31 bits per heavy atom. The van der Waals surface area contributed by atoms with E-state index in [0.717, 1.165) is 31.2 Å². The number of carboxylic acid groups (broad SMARTS) is 1. The molecule has 1 saturated carbocycles. The molecular formula is C38H55N5O6. The Kier molecular flexibility index (Phi) is 14.4. The molecule has 5 N–H and O–H groups in total. The molecule has 2 heterocycles. The first-order valence-electron chi connectivity index (χ1n) is 18.0. The summed E-state index contributed by atoms with van der Waals surface area (Å²) in [6.07, 6.45) is 12.1. The molecule has 11 heteroatoms. The largest absolute Gasteiger partial charge is 0.481 e. The van der Waals surface area contributed by atoms with E-state index in [1.807, 2.05) is 24.3 Å². The number of aliphatic carboxylic acids is 1. The molecule has 3 amide bonds. The van der Waals surface area contributed by atoms with E-state index in [2.05, 4.69) is 41.0 Å². The van der Waals surface area contributed by atoms with E-state index >= 15 is 0 Å². The lowest BCUT2D eigenvalue weighted by Crippen LogP contribution is -2.55. The van der Waals surface area contributed by atoms with Gasteiger partial charge in [0, 0.05) is 31.6 Å². The number of rotatable bonds is 17. The van der Waals surface area contributed by atoms with E-state index in [1.54, 1.807) is 18.3 Å². The summed E-state index contributed by atoms with van der Waals surface area (Å²) >= 11 is 0. The molecule has 1 aliphatic heterocycles. The predicted molar refractivity (Wildman–Crippen MR) is 187 cm³/mol. The third kappa shape index (κ3) is 11.3. The van der Waals surface area contributed by atoms with Crippen LogP contribution in [0.15, 0.2) is 55.5 Å². The Bertz CT molecular complexity index is 1350. The van der Waals surface area contributed by atoms with Crippen LogP contribution in [0.25, 0.3) is 0 Å². The quantitative estimate of drug-likeness (QED) is 0.123. The molecule has 11 nitrogen and oxygen atoms in total. The maximum Gasteiger partial charge on any atom is 0.316 e. The molecule has 1 unspecified atom stereocenters. The van der Waals surface area contributed by atoms with Gasteiger partial charge in [-0.15, -0.1) is 6.58 Å². The van der Waals surface area contributed by atoms with Crippen molar-refractivity contribution in [2.75, 3.05) is 13.1 Å². The van der Waals surface area contributed by atoms with Gasteiger partial charge in [-0.05, 0) is 55.4 Å². The van der Waals surface area contributed by atoms with Crippen LogP contribution >= 0.6 is 0 Å². The molecule has 0 spiro atoms. The summed E-state index contributed by atoms with van der Waals surface area (Å²) < 4.78 is 0. The number of likely N-dealkylation sites (tertiary alicyclic amines) is 1. The second-order valence-corrected chi connectivity index (χ2v) is 14.3. The Morgan fingerprint density at radius 2 is 1.71 bits per heavy atom. The van der Waals surface area contributed by atoms with Gasteiger partial charge in [-0.3, -0.25) is 19.2 Å². The van der Waals surface area contributed by atoms with Crippen molar-refractivity contribution in [1.29, 1.82) is 0 Å². The van der Waals surface area contributed by atoms with Crippen molar-refractivity contribution < 1.29 is 29.4 Å². The fourth-order valence-electron chi connectivity index (χ4n) is 7.28. The normalized spacial score (nSPS) is 19.0. The van der Waals surface area contributed by atoms with Gasteiger partial charge in [0.2, 0.25) is 17.7 Å². The first-order chi connectivity index (χ1) is 23.5. The number of H-pyrrole nitrogens is 1. The van der Waals surface area contributed by atoms with Crippen LogP contribution in [0.2, 0.25) is 0 Å². The highest BCUT2D eigenvalue weighted by Crippen LogP contribution is 2.30. The second-order valence-electron chi connectivity index (χ2n) is 14.3. The van der Waals surface area contributed by atoms with Gasteiger partial charge in [-0.1, -0.05) is 82.4 Å². The van der Waals surface area contributed by atoms with Crippen LogP contribution in [0.5, 0.6) is 0 Å². The topological polar surface area (TPSA) is 165 Å². The van der Waals surface area contributed by atoms with E-state index < -0.39 is 41.9 Å². The number of carbonyl (C=O) groups is 4. The smallest absolute Gasteiger partial charge is 0.316 e. The van der Waals surface area contributed by atoms with Crippen LogP contribution in [-0.4, -0.2) is 80.0 Å². The van der Waals surface area contributed by atoms with Crippen LogP contribution in [-0.2, 0) is 32.0 Å². The molecule has 4 rings (SSSR count). The summed E-state index contributed by atoms with van der Waals surface area (Å²) in [4.78, 5) is 61.6. The molecule has 1 saturated heterocycles. The maximum atomic E-state index is 14.0. The minimum atomic E-state index is -1.20. The van der Waals surface area contributed by atoms with E-state index in [4.69, 9.17) is 0 Å². The van der Waals surface area contributed by atoms with E-state index in [0.29, 0.717) is 43.2 Å².